The minimum atomic E-state index is -0.366. The van der Waals surface area contributed by atoms with Gasteiger partial charge >= 0.3 is 0 Å². The lowest BCUT2D eigenvalue weighted by Crippen LogP contribution is -2.17. The quantitative estimate of drug-likeness (QED) is 0.874. The number of carbonyl (C=O) groups is 1. The summed E-state index contributed by atoms with van der Waals surface area (Å²) in [5.41, 5.74) is 7.71. The summed E-state index contributed by atoms with van der Waals surface area (Å²) >= 11 is 0. The van der Waals surface area contributed by atoms with E-state index in [1.54, 1.807) is 26.0 Å². The Labute approximate surface area is 116 Å². The first-order valence-corrected chi connectivity index (χ1v) is 5.92. The van der Waals surface area contributed by atoms with E-state index in [9.17, 15) is 4.79 Å². The molecule has 20 heavy (non-hydrogen) atoms. The van der Waals surface area contributed by atoms with Crippen molar-refractivity contribution in [2.24, 2.45) is 0 Å². The number of pyridine rings is 1. The molecule has 7 nitrogen and oxygen atoms in total. The van der Waals surface area contributed by atoms with Gasteiger partial charge in [0.25, 0.3) is 5.91 Å². The van der Waals surface area contributed by atoms with Crippen LogP contribution in [0.4, 0.5) is 11.6 Å². The van der Waals surface area contributed by atoms with Crippen molar-refractivity contribution in [1.29, 1.82) is 0 Å². The first-order chi connectivity index (χ1) is 9.49. The number of anilines is 2. The van der Waals surface area contributed by atoms with Crippen molar-refractivity contribution >= 4 is 17.5 Å². The Morgan fingerprint density at radius 3 is 2.75 bits per heavy atom. The van der Waals surface area contributed by atoms with Crippen molar-refractivity contribution in [1.82, 2.24) is 15.0 Å². The highest BCUT2D eigenvalue weighted by Crippen LogP contribution is 2.14. The highest BCUT2D eigenvalue weighted by atomic mass is 16.5. The summed E-state index contributed by atoms with van der Waals surface area (Å²) in [6, 6.07) is 3.23. The molecule has 0 aliphatic rings. The predicted octanol–water partition coefficient (Wildman–Crippen LogP) is 1.33. The first-order valence-electron chi connectivity index (χ1n) is 5.92. The smallest absolute Gasteiger partial charge is 0.259 e. The van der Waals surface area contributed by atoms with Gasteiger partial charge in [0.1, 0.15) is 0 Å². The van der Waals surface area contributed by atoms with Gasteiger partial charge in [-0.15, -0.1) is 0 Å². The van der Waals surface area contributed by atoms with Crippen LogP contribution < -0.4 is 15.8 Å². The zero-order valence-electron chi connectivity index (χ0n) is 11.5. The highest BCUT2D eigenvalue weighted by Gasteiger charge is 2.13. The summed E-state index contributed by atoms with van der Waals surface area (Å²) < 4.78 is 5.03. The van der Waals surface area contributed by atoms with Crippen molar-refractivity contribution in [3.05, 3.63) is 35.3 Å². The molecule has 2 aromatic heterocycles. The summed E-state index contributed by atoms with van der Waals surface area (Å²) in [7, 11) is 1.50. The van der Waals surface area contributed by atoms with Gasteiger partial charge in [-0.1, -0.05) is 0 Å². The number of carbonyl (C=O) groups excluding carboxylic acids is 1. The number of aromatic nitrogens is 3. The van der Waals surface area contributed by atoms with E-state index in [0.717, 1.165) is 0 Å². The molecule has 0 aliphatic carbocycles. The summed E-state index contributed by atoms with van der Waals surface area (Å²) in [6.45, 7) is 3.51. The zero-order chi connectivity index (χ0) is 14.7. The summed E-state index contributed by atoms with van der Waals surface area (Å²) in [5.74, 6) is 0.193. The number of methoxy groups -OCH3 is 1. The van der Waals surface area contributed by atoms with Crippen LogP contribution >= 0.6 is 0 Å². The average molecular weight is 273 g/mol. The fourth-order valence-corrected chi connectivity index (χ4v) is 1.65. The predicted molar refractivity (Wildman–Crippen MR) is 74.7 cm³/mol. The Kier molecular flexibility index (Phi) is 3.79. The van der Waals surface area contributed by atoms with Crippen LogP contribution in [-0.4, -0.2) is 28.0 Å². The topological polar surface area (TPSA) is 103 Å². The molecule has 0 aliphatic heterocycles. The summed E-state index contributed by atoms with van der Waals surface area (Å²) in [6.07, 6.45) is 1.50. The zero-order valence-corrected chi connectivity index (χ0v) is 11.5. The van der Waals surface area contributed by atoms with Crippen LogP contribution in [0.25, 0.3) is 0 Å². The monoisotopic (exact) mass is 273 g/mol. The molecule has 2 rings (SSSR count). The van der Waals surface area contributed by atoms with Gasteiger partial charge in [-0.25, -0.2) is 4.98 Å². The number of aryl methyl sites for hydroxylation is 2. The van der Waals surface area contributed by atoms with E-state index in [4.69, 9.17) is 10.5 Å². The van der Waals surface area contributed by atoms with Gasteiger partial charge in [0.05, 0.1) is 30.3 Å². The Morgan fingerprint density at radius 1 is 1.30 bits per heavy atom. The number of hydrogen-bond acceptors (Lipinski definition) is 6. The van der Waals surface area contributed by atoms with Crippen molar-refractivity contribution in [3.8, 4) is 5.88 Å². The molecule has 2 heterocycles. The fraction of sp³-hybridized carbons (Fsp3) is 0.231. The third kappa shape index (κ3) is 3.00. The standard InChI is InChI=1S/C13H15N5O2/c1-7-4-11(20-3)17-13(16-7)18-12(19)10-5-9(14)6-15-8(10)2/h4-6H,14H2,1-3H3,(H,16,17,18,19). The molecule has 104 valence electrons. The van der Waals surface area contributed by atoms with Crippen LogP contribution in [0.3, 0.4) is 0 Å². The molecule has 0 saturated carbocycles. The van der Waals surface area contributed by atoms with Gasteiger partial charge in [0.2, 0.25) is 11.8 Å². The molecule has 1 amide bonds. The number of nitrogen functional groups attached to an aromatic ring is 1. The second-order valence-electron chi connectivity index (χ2n) is 4.23. The molecule has 0 radical (unpaired) electrons. The number of amides is 1. The summed E-state index contributed by atoms with van der Waals surface area (Å²) in [5, 5.41) is 2.61. The highest BCUT2D eigenvalue weighted by molar-refractivity contribution is 6.04. The molecule has 0 fully saturated rings. The molecule has 0 aromatic carbocycles. The SMILES string of the molecule is COc1cc(C)nc(NC(=O)c2cc(N)cnc2C)n1. The van der Waals surface area contributed by atoms with E-state index < -0.39 is 0 Å². The van der Waals surface area contributed by atoms with E-state index in [-0.39, 0.29) is 11.9 Å². The Morgan fingerprint density at radius 2 is 2.05 bits per heavy atom. The molecule has 7 heteroatoms. The van der Waals surface area contributed by atoms with E-state index in [2.05, 4.69) is 20.3 Å². The largest absolute Gasteiger partial charge is 0.481 e. The lowest BCUT2D eigenvalue weighted by Gasteiger charge is -2.08. The first kappa shape index (κ1) is 13.7. The average Bonchev–Trinajstić information content (AvgIpc) is 2.40. The third-order valence-corrected chi connectivity index (χ3v) is 2.62. The van der Waals surface area contributed by atoms with Gasteiger partial charge < -0.3 is 10.5 Å². The maximum Gasteiger partial charge on any atom is 0.259 e. The number of nitrogens with one attached hydrogen (secondary N) is 1. The molecule has 0 unspecified atom stereocenters. The van der Waals surface area contributed by atoms with Crippen LogP contribution in [0.2, 0.25) is 0 Å². The number of nitrogens with two attached hydrogens (primary N) is 1. The number of hydrogen-bond donors (Lipinski definition) is 2. The van der Waals surface area contributed by atoms with E-state index in [1.807, 2.05) is 0 Å². The van der Waals surface area contributed by atoms with Gasteiger partial charge in [-0.3, -0.25) is 15.1 Å². The maximum absolute atomic E-state index is 12.2. The van der Waals surface area contributed by atoms with Gasteiger partial charge in [0.15, 0.2) is 0 Å². The van der Waals surface area contributed by atoms with Crippen LogP contribution in [0.5, 0.6) is 5.88 Å². The van der Waals surface area contributed by atoms with Crippen molar-refractivity contribution < 1.29 is 9.53 Å². The van der Waals surface area contributed by atoms with Crippen LogP contribution in [0.15, 0.2) is 18.3 Å². The molecule has 2 aromatic rings. The third-order valence-electron chi connectivity index (χ3n) is 2.62. The van der Waals surface area contributed by atoms with Crippen LogP contribution in [0, 0.1) is 13.8 Å². The van der Waals surface area contributed by atoms with Gasteiger partial charge in [0, 0.05) is 11.8 Å². The number of ether oxygens (including phenoxy) is 1. The number of rotatable bonds is 3. The van der Waals surface area contributed by atoms with Gasteiger partial charge in [-0.05, 0) is 19.9 Å². The van der Waals surface area contributed by atoms with Crippen molar-refractivity contribution in [2.75, 3.05) is 18.2 Å². The molecule has 0 spiro atoms. The van der Waals surface area contributed by atoms with Crippen molar-refractivity contribution in [3.63, 3.8) is 0 Å². The molecule has 0 bridgehead atoms. The van der Waals surface area contributed by atoms with Gasteiger partial charge in [-0.2, -0.15) is 4.98 Å². The molecular weight excluding hydrogens is 258 g/mol. The summed E-state index contributed by atoms with van der Waals surface area (Å²) in [4.78, 5) is 24.4. The normalized spacial score (nSPS) is 10.2. The Bertz CT molecular complexity index is 657. The van der Waals surface area contributed by atoms with E-state index >= 15 is 0 Å². The molecule has 0 atom stereocenters. The lowest BCUT2D eigenvalue weighted by molar-refractivity contribution is 0.102. The molecular formula is C13H15N5O2. The molecule has 3 N–H and O–H groups in total. The Balaban J connectivity index is 2.27. The van der Waals surface area contributed by atoms with Crippen LogP contribution in [-0.2, 0) is 0 Å². The second kappa shape index (κ2) is 5.52. The Hall–Kier alpha value is -2.70. The van der Waals surface area contributed by atoms with E-state index in [1.165, 1.54) is 13.3 Å². The fourth-order valence-electron chi connectivity index (χ4n) is 1.65. The molecule has 0 saturated heterocycles. The maximum atomic E-state index is 12.2. The minimum absolute atomic E-state index is 0.175. The number of nitrogens with zero attached hydrogens (tertiary/aromatic N) is 3. The second-order valence-corrected chi connectivity index (χ2v) is 4.23. The van der Waals surface area contributed by atoms with Crippen LogP contribution in [0.1, 0.15) is 21.7 Å². The van der Waals surface area contributed by atoms with Crippen molar-refractivity contribution in [2.45, 2.75) is 13.8 Å². The minimum Gasteiger partial charge on any atom is -0.481 e. The lowest BCUT2D eigenvalue weighted by atomic mass is 10.2. The van der Waals surface area contributed by atoms with E-state index in [0.29, 0.717) is 28.5 Å².